The van der Waals surface area contributed by atoms with Crippen LogP contribution in [0.2, 0.25) is 0 Å². The van der Waals surface area contributed by atoms with Gasteiger partial charge in [0.2, 0.25) is 0 Å². The number of nitrogens with one attached hydrogen (secondary N) is 1. The summed E-state index contributed by atoms with van der Waals surface area (Å²) in [6, 6.07) is 9.96. The van der Waals surface area contributed by atoms with Gasteiger partial charge in [0.1, 0.15) is 17.0 Å². The molecule has 1 aromatic carbocycles. The number of nitrogens with zero attached hydrogens (tertiary/aromatic N) is 4. The highest BCUT2D eigenvalue weighted by atomic mass is 32.2. The molecule has 5 rings (SSSR count). The fourth-order valence-corrected chi connectivity index (χ4v) is 7.03. The summed E-state index contributed by atoms with van der Waals surface area (Å²) in [5.41, 5.74) is 0.858. The second-order valence-electron chi connectivity index (χ2n) is 10.1. The van der Waals surface area contributed by atoms with E-state index in [1.54, 1.807) is 29.8 Å². The van der Waals surface area contributed by atoms with Crippen molar-refractivity contribution in [3.05, 3.63) is 42.1 Å². The van der Waals surface area contributed by atoms with Crippen molar-refractivity contribution in [3.63, 3.8) is 0 Å². The predicted molar refractivity (Wildman–Crippen MR) is 126 cm³/mol. The van der Waals surface area contributed by atoms with Crippen LogP contribution in [0.5, 0.6) is 5.75 Å². The lowest BCUT2D eigenvalue weighted by molar-refractivity contribution is -0.0498. The second-order valence-corrected chi connectivity index (χ2v) is 12.1. The summed E-state index contributed by atoms with van der Waals surface area (Å²) in [5, 5.41) is 16.9. The maximum absolute atomic E-state index is 12.9. The van der Waals surface area contributed by atoms with Crippen molar-refractivity contribution in [1.82, 2.24) is 20.1 Å². The molecule has 2 aromatic heterocycles. The number of carbonyl (C=O) groups excluding carboxylic acids is 1. The number of ether oxygens (including phenoxy) is 1. The zero-order chi connectivity index (χ0) is 25.9. The molecule has 0 bridgehead atoms. The van der Waals surface area contributed by atoms with Crippen LogP contribution in [-0.2, 0) is 9.84 Å². The Morgan fingerprint density at radius 3 is 2.64 bits per heavy atom. The minimum atomic E-state index is -3.15. The van der Waals surface area contributed by atoms with Gasteiger partial charge < -0.3 is 10.1 Å². The number of hydrogen-bond donors (Lipinski definition) is 1. The van der Waals surface area contributed by atoms with E-state index in [9.17, 15) is 27.3 Å². The number of fused-ring (bicyclic) bond motifs is 1. The summed E-state index contributed by atoms with van der Waals surface area (Å²) in [7, 11) is -3.15. The van der Waals surface area contributed by atoms with Gasteiger partial charge in [0, 0.05) is 11.8 Å². The number of sulfone groups is 1. The van der Waals surface area contributed by atoms with Crippen LogP contribution in [0.3, 0.4) is 0 Å². The van der Waals surface area contributed by atoms with Gasteiger partial charge in [-0.15, -0.1) is 0 Å². The summed E-state index contributed by atoms with van der Waals surface area (Å²) >= 11 is 0. The number of aromatic nitrogens is 3. The Morgan fingerprint density at radius 2 is 2.00 bits per heavy atom. The number of rotatable bonds is 6. The van der Waals surface area contributed by atoms with E-state index in [2.05, 4.69) is 21.1 Å². The number of carbonyl (C=O) groups is 1. The number of hydrogen-bond acceptors (Lipinski definition) is 7. The van der Waals surface area contributed by atoms with Crippen LogP contribution in [-0.4, -0.2) is 52.7 Å². The third-order valence-corrected chi connectivity index (χ3v) is 8.78. The van der Waals surface area contributed by atoms with Crippen molar-refractivity contribution in [1.29, 1.82) is 5.26 Å². The van der Waals surface area contributed by atoms with Gasteiger partial charge in [-0.3, -0.25) is 14.5 Å². The Balaban J connectivity index is 1.54. The number of benzene rings is 1. The third-order valence-electron chi connectivity index (χ3n) is 6.62. The monoisotopic (exact) mass is 515 g/mol. The highest BCUT2D eigenvalue weighted by molar-refractivity contribution is 7.93. The van der Waals surface area contributed by atoms with Crippen LogP contribution in [0.4, 0.5) is 8.78 Å². The quantitative estimate of drug-likeness (QED) is 0.532. The number of nitriles is 1. The molecule has 0 spiro atoms. The fourth-order valence-electron chi connectivity index (χ4n) is 5.03. The third kappa shape index (κ3) is 4.39. The van der Waals surface area contributed by atoms with Crippen molar-refractivity contribution in [2.45, 2.75) is 44.9 Å². The molecule has 3 aromatic rings. The molecule has 188 valence electrons. The molecule has 1 saturated heterocycles. The summed E-state index contributed by atoms with van der Waals surface area (Å²) < 4.78 is 54.9. The fraction of sp³-hybridized carbons (Fsp3) is 0.417. The average molecular weight is 516 g/mol. The Morgan fingerprint density at radius 1 is 1.28 bits per heavy atom. The first-order chi connectivity index (χ1) is 16.9. The Kier molecular flexibility index (Phi) is 5.51. The highest BCUT2D eigenvalue weighted by Crippen LogP contribution is 2.49. The molecule has 0 unspecified atom stereocenters. The predicted octanol–water partition coefficient (Wildman–Crippen LogP) is 3.48. The minimum Gasteiger partial charge on any atom is -0.435 e. The van der Waals surface area contributed by atoms with Crippen molar-refractivity contribution < 1.29 is 26.7 Å². The molecule has 9 nitrogen and oxygen atoms in total. The second kappa shape index (κ2) is 8.23. The van der Waals surface area contributed by atoms with Gasteiger partial charge in [-0.05, 0) is 44.9 Å². The SMILES string of the molecule is CC1(C#N)CC(n2nc(-c3cccc(OC(F)F)c3)c3ncc(C(=O)NC4(C)CS(=O)(=O)C4)cc32)C1. The van der Waals surface area contributed by atoms with E-state index in [0.29, 0.717) is 35.1 Å². The molecule has 1 aliphatic heterocycles. The molecule has 0 atom stereocenters. The van der Waals surface area contributed by atoms with Crippen LogP contribution < -0.4 is 10.1 Å². The van der Waals surface area contributed by atoms with Gasteiger partial charge in [-0.2, -0.15) is 19.1 Å². The molecule has 36 heavy (non-hydrogen) atoms. The number of alkyl halides is 2. The van der Waals surface area contributed by atoms with E-state index in [1.165, 1.54) is 18.3 Å². The van der Waals surface area contributed by atoms with Crippen molar-refractivity contribution in [2.24, 2.45) is 5.41 Å². The lowest BCUT2D eigenvalue weighted by Crippen LogP contribution is -2.63. The van der Waals surface area contributed by atoms with Gasteiger partial charge in [-0.1, -0.05) is 12.1 Å². The van der Waals surface area contributed by atoms with E-state index in [-0.39, 0.29) is 28.9 Å². The molecule has 12 heteroatoms. The molecule has 2 fully saturated rings. The normalized spacial score (nSPS) is 23.9. The van der Waals surface area contributed by atoms with E-state index < -0.39 is 33.3 Å². The summed E-state index contributed by atoms with van der Waals surface area (Å²) in [5.74, 6) is -0.741. The minimum absolute atomic E-state index is 0.0226. The van der Waals surface area contributed by atoms with Gasteiger partial charge in [0.25, 0.3) is 5.91 Å². The lowest BCUT2D eigenvalue weighted by Gasteiger charge is -2.40. The van der Waals surface area contributed by atoms with E-state index in [0.717, 1.165) is 0 Å². The smallest absolute Gasteiger partial charge is 0.387 e. The van der Waals surface area contributed by atoms with E-state index in [1.807, 2.05) is 6.92 Å². The van der Waals surface area contributed by atoms with E-state index in [4.69, 9.17) is 5.10 Å². The maximum atomic E-state index is 12.9. The molecule has 1 N–H and O–H groups in total. The van der Waals surface area contributed by atoms with Gasteiger partial charge >= 0.3 is 6.61 Å². The van der Waals surface area contributed by atoms with Crippen LogP contribution in [0.1, 0.15) is 43.1 Å². The summed E-state index contributed by atoms with van der Waals surface area (Å²) in [6.07, 6.45) is 2.49. The molecule has 1 aliphatic carbocycles. The molecule has 0 radical (unpaired) electrons. The Labute approximate surface area is 206 Å². The maximum Gasteiger partial charge on any atom is 0.387 e. The van der Waals surface area contributed by atoms with Crippen LogP contribution >= 0.6 is 0 Å². The topological polar surface area (TPSA) is 127 Å². The molecule has 3 heterocycles. The zero-order valence-corrected chi connectivity index (χ0v) is 20.3. The van der Waals surface area contributed by atoms with Crippen LogP contribution in [0, 0.1) is 16.7 Å². The van der Waals surface area contributed by atoms with Crippen molar-refractivity contribution in [2.75, 3.05) is 11.5 Å². The van der Waals surface area contributed by atoms with Crippen molar-refractivity contribution in [3.8, 4) is 23.1 Å². The number of amides is 1. The molecular weight excluding hydrogens is 492 g/mol. The highest BCUT2D eigenvalue weighted by Gasteiger charge is 2.46. The molecular formula is C24H23F2N5O4S. The van der Waals surface area contributed by atoms with Crippen LogP contribution in [0.15, 0.2) is 36.5 Å². The average Bonchev–Trinajstić information content (AvgIpc) is 3.13. The Bertz CT molecular complexity index is 1510. The van der Waals surface area contributed by atoms with Crippen LogP contribution in [0.25, 0.3) is 22.3 Å². The number of pyridine rings is 1. The molecule has 1 amide bonds. The largest absolute Gasteiger partial charge is 0.435 e. The number of halogens is 2. The van der Waals surface area contributed by atoms with Crippen molar-refractivity contribution >= 4 is 26.8 Å². The standard InChI is InChI=1S/C24H23F2N5O4S/c1-23(11-27)8-16(9-23)31-18-7-15(21(32)29-24(2)12-36(33,34)13-24)10-28-20(18)19(30-31)14-4-3-5-17(6-14)35-22(25)26/h3-7,10,16,22H,8-9,12-13H2,1-2H3,(H,29,32). The Hall–Kier alpha value is -3.59. The first kappa shape index (κ1) is 24.1. The zero-order valence-electron chi connectivity index (χ0n) is 19.5. The first-order valence-electron chi connectivity index (χ1n) is 11.3. The molecule has 2 aliphatic rings. The lowest BCUT2D eigenvalue weighted by atomic mass is 9.68. The molecule has 1 saturated carbocycles. The van der Waals surface area contributed by atoms with Gasteiger partial charge in [0.15, 0.2) is 9.84 Å². The summed E-state index contributed by atoms with van der Waals surface area (Å²) in [4.78, 5) is 17.4. The van der Waals surface area contributed by atoms with E-state index >= 15 is 0 Å². The summed E-state index contributed by atoms with van der Waals surface area (Å²) in [6.45, 7) is 0.567. The first-order valence-corrected chi connectivity index (χ1v) is 13.1. The van der Waals surface area contributed by atoms with Gasteiger partial charge in [-0.25, -0.2) is 8.42 Å². The van der Waals surface area contributed by atoms with Gasteiger partial charge in [0.05, 0.1) is 45.7 Å².